The summed E-state index contributed by atoms with van der Waals surface area (Å²) in [6, 6.07) is 7.80. The Morgan fingerprint density at radius 2 is 2.14 bits per heavy atom. The van der Waals surface area contributed by atoms with Gasteiger partial charge in [-0.1, -0.05) is 24.6 Å². The van der Waals surface area contributed by atoms with Crippen LogP contribution in [0.25, 0.3) is 0 Å². The number of esters is 1. The molecule has 1 aromatic rings. The maximum atomic E-state index is 12.8. The van der Waals surface area contributed by atoms with Crippen LogP contribution < -0.4 is 4.74 Å². The van der Waals surface area contributed by atoms with Gasteiger partial charge in [-0.15, -0.1) is 6.58 Å². The first-order chi connectivity index (χ1) is 13.6. The number of carbonyl (C=O) groups excluding carboxylic acids is 1. The van der Waals surface area contributed by atoms with Crippen LogP contribution in [0.5, 0.6) is 5.75 Å². The van der Waals surface area contributed by atoms with Gasteiger partial charge in [-0.3, -0.25) is 4.79 Å². The zero-order valence-electron chi connectivity index (χ0n) is 17.0. The maximum Gasteiger partial charge on any atom is 0.309 e. The van der Waals surface area contributed by atoms with Gasteiger partial charge in [0.05, 0.1) is 32.3 Å². The summed E-state index contributed by atoms with van der Waals surface area (Å²) in [4.78, 5) is 12.8. The molecule has 1 heterocycles. The molecule has 0 amide bonds. The minimum atomic E-state index is -0.473. The molecule has 1 spiro atoms. The van der Waals surface area contributed by atoms with Crippen LogP contribution in [0.4, 0.5) is 0 Å². The van der Waals surface area contributed by atoms with Crippen molar-refractivity contribution in [2.45, 2.75) is 57.3 Å². The van der Waals surface area contributed by atoms with E-state index in [1.165, 1.54) is 6.42 Å². The van der Waals surface area contributed by atoms with Crippen molar-refractivity contribution in [2.24, 2.45) is 11.8 Å². The Labute approximate surface area is 168 Å². The molecule has 1 saturated carbocycles. The molecule has 28 heavy (non-hydrogen) atoms. The van der Waals surface area contributed by atoms with E-state index in [1.54, 1.807) is 7.11 Å². The highest BCUT2D eigenvalue weighted by atomic mass is 16.7. The molecule has 0 aromatic heterocycles. The summed E-state index contributed by atoms with van der Waals surface area (Å²) in [5, 5.41) is 0. The van der Waals surface area contributed by atoms with E-state index < -0.39 is 5.79 Å². The van der Waals surface area contributed by atoms with Gasteiger partial charge in [-0.25, -0.2) is 0 Å². The summed E-state index contributed by atoms with van der Waals surface area (Å²) in [6.07, 6.45) is 7.51. The van der Waals surface area contributed by atoms with Crippen molar-refractivity contribution < 1.29 is 23.7 Å². The van der Waals surface area contributed by atoms with Crippen LogP contribution in [0.3, 0.4) is 0 Å². The summed E-state index contributed by atoms with van der Waals surface area (Å²) >= 11 is 0. The molecule has 2 aliphatic rings. The van der Waals surface area contributed by atoms with Gasteiger partial charge in [0.1, 0.15) is 5.75 Å². The Morgan fingerprint density at radius 1 is 1.36 bits per heavy atom. The maximum absolute atomic E-state index is 12.8. The lowest BCUT2D eigenvalue weighted by Crippen LogP contribution is -2.38. The number of methoxy groups -OCH3 is 1. The molecule has 5 nitrogen and oxygen atoms in total. The second-order valence-corrected chi connectivity index (χ2v) is 7.67. The fourth-order valence-electron chi connectivity index (χ4n) is 4.37. The van der Waals surface area contributed by atoms with E-state index in [9.17, 15) is 4.79 Å². The quantitative estimate of drug-likeness (QED) is 0.491. The van der Waals surface area contributed by atoms with Crippen LogP contribution in [0.1, 0.15) is 44.6 Å². The summed E-state index contributed by atoms with van der Waals surface area (Å²) in [6.45, 7) is 6.68. The normalized spacial score (nSPS) is 23.1. The molecule has 1 aromatic carbocycles. The van der Waals surface area contributed by atoms with Gasteiger partial charge in [-0.2, -0.15) is 0 Å². The van der Waals surface area contributed by atoms with Crippen LogP contribution in [0.2, 0.25) is 0 Å². The topological polar surface area (TPSA) is 54.0 Å². The standard InChI is InChI=1S/C23H32O5/c1-4-19(21-16-27-23(28-21)12-7-6-8-13-23)20(22(24)26-5-2)15-17-10-9-11-18(14-17)25-3/h4,9-11,14,19-21H,1,5-8,12-13,15-16H2,2-3H3/t19-,20-,21-/m1/s1. The predicted molar refractivity (Wildman–Crippen MR) is 107 cm³/mol. The first-order valence-corrected chi connectivity index (χ1v) is 10.3. The zero-order chi connectivity index (χ0) is 20.0. The van der Waals surface area contributed by atoms with E-state index in [0.29, 0.717) is 19.6 Å². The molecular formula is C23H32O5. The SMILES string of the molecule is C=C[C@@H]([C@H]1COC2(CCCCC2)O1)[C@@H](Cc1cccc(OC)c1)C(=O)OCC. The average molecular weight is 389 g/mol. The van der Waals surface area contributed by atoms with E-state index in [4.69, 9.17) is 18.9 Å². The summed E-state index contributed by atoms with van der Waals surface area (Å²) in [7, 11) is 1.64. The van der Waals surface area contributed by atoms with Gasteiger partial charge < -0.3 is 18.9 Å². The van der Waals surface area contributed by atoms with Crippen molar-refractivity contribution in [3.05, 3.63) is 42.5 Å². The van der Waals surface area contributed by atoms with Gasteiger partial charge in [0.25, 0.3) is 0 Å². The van der Waals surface area contributed by atoms with E-state index in [2.05, 4.69) is 6.58 Å². The molecule has 154 valence electrons. The fourth-order valence-corrected chi connectivity index (χ4v) is 4.37. The van der Waals surface area contributed by atoms with Gasteiger partial charge in [-0.05, 0) is 43.9 Å². The highest BCUT2D eigenvalue weighted by molar-refractivity contribution is 5.73. The average Bonchev–Trinajstić information content (AvgIpc) is 3.11. The van der Waals surface area contributed by atoms with Crippen molar-refractivity contribution in [3.8, 4) is 5.75 Å². The lowest BCUT2D eigenvalue weighted by Gasteiger charge is -2.33. The van der Waals surface area contributed by atoms with E-state index >= 15 is 0 Å². The van der Waals surface area contributed by atoms with Crippen molar-refractivity contribution in [2.75, 3.05) is 20.3 Å². The van der Waals surface area contributed by atoms with Crippen molar-refractivity contribution in [1.82, 2.24) is 0 Å². The Bertz CT molecular complexity index is 665. The molecular weight excluding hydrogens is 356 g/mol. The van der Waals surface area contributed by atoms with Crippen LogP contribution in [0.15, 0.2) is 36.9 Å². The fraction of sp³-hybridized carbons (Fsp3) is 0.609. The van der Waals surface area contributed by atoms with E-state index in [-0.39, 0.29) is 23.9 Å². The lowest BCUT2D eigenvalue weighted by molar-refractivity contribution is -0.192. The highest BCUT2D eigenvalue weighted by Crippen LogP contribution is 2.41. The zero-order valence-corrected chi connectivity index (χ0v) is 17.0. The molecule has 5 heteroatoms. The highest BCUT2D eigenvalue weighted by Gasteiger charge is 2.46. The number of ether oxygens (including phenoxy) is 4. The van der Waals surface area contributed by atoms with Crippen molar-refractivity contribution in [3.63, 3.8) is 0 Å². The van der Waals surface area contributed by atoms with E-state index in [0.717, 1.165) is 37.0 Å². The minimum Gasteiger partial charge on any atom is -0.497 e. The van der Waals surface area contributed by atoms with Gasteiger partial charge in [0.15, 0.2) is 5.79 Å². The van der Waals surface area contributed by atoms with Crippen LogP contribution >= 0.6 is 0 Å². The summed E-state index contributed by atoms with van der Waals surface area (Å²) in [5.41, 5.74) is 1.02. The summed E-state index contributed by atoms with van der Waals surface area (Å²) < 4.78 is 23.2. The Morgan fingerprint density at radius 3 is 2.82 bits per heavy atom. The molecule has 0 N–H and O–H groups in total. The number of rotatable bonds is 8. The third-order valence-electron chi connectivity index (χ3n) is 5.84. The molecule has 1 aliphatic heterocycles. The second-order valence-electron chi connectivity index (χ2n) is 7.67. The van der Waals surface area contributed by atoms with Crippen molar-refractivity contribution in [1.29, 1.82) is 0 Å². The number of hydrogen-bond acceptors (Lipinski definition) is 5. The van der Waals surface area contributed by atoms with Gasteiger partial charge in [0.2, 0.25) is 0 Å². The summed E-state index contributed by atoms with van der Waals surface area (Å²) in [5.74, 6) is -0.469. The van der Waals surface area contributed by atoms with Gasteiger partial charge in [0, 0.05) is 18.8 Å². The van der Waals surface area contributed by atoms with Crippen LogP contribution in [-0.2, 0) is 25.4 Å². The third kappa shape index (κ3) is 4.76. The minimum absolute atomic E-state index is 0.174. The third-order valence-corrected chi connectivity index (χ3v) is 5.84. The molecule has 0 radical (unpaired) electrons. The molecule has 3 rings (SSSR count). The van der Waals surface area contributed by atoms with Crippen molar-refractivity contribution >= 4 is 5.97 Å². The van der Waals surface area contributed by atoms with Crippen LogP contribution in [0, 0.1) is 11.8 Å². The Hall–Kier alpha value is -1.85. The molecule has 0 bridgehead atoms. The molecule has 1 saturated heterocycles. The predicted octanol–water partition coefficient (Wildman–Crippen LogP) is 4.30. The molecule has 2 fully saturated rings. The first-order valence-electron chi connectivity index (χ1n) is 10.3. The number of benzene rings is 1. The first kappa shape index (κ1) is 20.9. The lowest BCUT2D eigenvalue weighted by atomic mass is 9.83. The molecule has 3 atom stereocenters. The molecule has 0 unspecified atom stereocenters. The monoisotopic (exact) mass is 388 g/mol. The Balaban J connectivity index is 1.79. The number of carbonyl (C=O) groups is 1. The smallest absolute Gasteiger partial charge is 0.309 e. The van der Waals surface area contributed by atoms with Crippen LogP contribution in [-0.4, -0.2) is 38.2 Å². The Kier molecular flexibility index (Phi) is 7.13. The number of hydrogen-bond donors (Lipinski definition) is 0. The second kappa shape index (κ2) is 9.57. The molecule has 1 aliphatic carbocycles. The van der Waals surface area contributed by atoms with Gasteiger partial charge >= 0.3 is 5.97 Å². The largest absolute Gasteiger partial charge is 0.497 e. The van der Waals surface area contributed by atoms with E-state index in [1.807, 2.05) is 37.3 Å².